The highest BCUT2D eigenvalue weighted by molar-refractivity contribution is 5.90. The molecule has 2 aliphatic rings. The van der Waals surface area contributed by atoms with Crippen LogP contribution >= 0.6 is 0 Å². The monoisotopic (exact) mass is 549 g/mol. The number of nitrogens with zero attached hydrogens (tertiary/aromatic N) is 3. The fraction of sp³-hybridized carbons (Fsp3) is 0.417. The molecule has 0 radical (unpaired) electrons. The summed E-state index contributed by atoms with van der Waals surface area (Å²) in [5, 5.41) is 14.2. The molecular formula is C24H25F6N3O5. The standard InChI is InChI=1S/C20H23N3O.2C2HF3O2/c1-22-18(16-7-3-2-4-8-16)20(19(22)24)10-13-23(14-11-20)15-17-9-5-6-12-21-17;2*3-2(4,5)1(6)7/h2-9,12,18H,10-11,13-15H2,1H3;2*(H,6,7). The van der Waals surface area contributed by atoms with Gasteiger partial charge in [-0.25, -0.2) is 9.59 Å². The van der Waals surface area contributed by atoms with Crippen LogP contribution in [0.5, 0.6) is 0 Å². The van der Waals surface area contributed by atoms with Gasteiger partial charge in [-0.15, -0.1) is 0 Å². The molecule has 14 heteroatoms. The third-order valence-electron chi connectivity index (χ3n) is 6.12. The first-order valence-electron chi connectivity index (χ1n) is 11.1. The molecular weight excluding hydrogens is 524 g/mol. The number of benzene rings is 1. The molecule has 1 amide bonds. The molecule has 2 fully saturated rings. The summed E-state index contributed by atoms with van der Waals surface area (Å²) in [4.78, 5) is 39.2. The highest BCUT2D eigenvalue weighted by atomic mass is 19.4. The number of aliphatic carboxylic acids is 2. The zero-order chi connectivity index (χ0) is 28.7. The quantitative estimate of drug-likeness (QED) is 0.437. The van der Waals surface area contributed by atoms with E-state index in [2.05, 4.69) is 40.2 Å². The maximum absolute atomic E-state index is 12.7. The van der Waals surface area contributed by atoms with Crippen LogP contribution in [0.4, 0.5) is 26.3 Å². The van der Waals surface area contributed by atoms with E-state index in [0.717, 1.165) is 38.2 Å². The van der Waals surface area contributed by atoms with Crippen molar-refractivity contribution in [1.82, 2.24) is 14.8 Å². The Balaban J connectivity index is 0.000000301. The Hall–Kier alpha value is -3.68. The van der Waals surface area contributed by atoms with Crippen molar-refractivity contribution in [2.75, 3.05) is 20.1 Å². The molecule has 1 aromatic heterocycles. The molecule has 4 rings (SSSR count). The molecule has 1 atom stereocenters. The lowest BCUT2D eigenvalue weighted by Crippen LogP contribution is -2.64. The second-order valence-corrected chi connectivity index (χ2v) is 8.59. The number of piperidine rings is 1. The lowest BCUT2D eigenvalue weighted by atomic mass is 9.62. The summed E-state index contributed by atoms with van der Waals surface area (Å²) >= 11 is 0. The van der Waals surface area contributed by atoms with E-state index in [-0.39, 0.29) is 11.5 Å². The van der Waals surface area contributed by atoms with Gasteiger partial charge in [-0.05, 0) is 43.6 Å². The Morgan fingerprint density at radius 2 is 1.39 bits per heavy atom. The van der Waals surface area contributed by atoms with Crippen LogP contribution in [0.15, 0.2) is 54.7 Å². The molecule has 38 heavy (non-hydrogen) atoms. The summed E-state index contributed by atoms with van der Waals surface area (Å²) in [6.07, 6.45) is -6.46. The van der Waals surface area contributed by atoms with Crippen LogP contribution in [0.25, 0.3) is 0 Å². The molecule has 3 heterocycles. The number of carboxylic acid groups (broad SMARTS) is 2. The van der Waals surface area contributed by atoms with Crippen molar-refractivity contribution >= 4 is 17.8 Å². The molecule has 208 valence electrons. The van der Waals surface area contributed by atoms with Crippen molar-refractivity contribution in [3.8, 4) is 0 Å². The summed E-state index contributed by atoms with van der Waals surface area (Å²) in [5.74, 6) is -5.20. The van der Waals surface area contributed by atoms with Gasteiger partial charge < -0.3 is 15.1 Å². The summed E-state index contributed by atoms with van der Waals surface area (Å²) in [5.41, 5.74) is 2.17. The van der Waals surface area contributed by atoms with E-state index in [1.165, 1.54) is 5.56 Å². The molecule has 2 saturated heterocycles. The smallest absolute Gasteiger partial charge is 0.475 e. The van der Waals surface area contributed by atoms with Crippen molar-refractivity contribution in [2.24, 2.45) is 5.41 Å². The predicted molar refractivity (Wildman–Crippen MR) is 121 cm³/mol. The molecule has 8 nitrogen and oxygen atoms in total. The minimum atomic E-state index is -5.08. The number of hydrogen-bond donors (Lipinski definition) is 2. The van der Waals surface area contributed by atoms with E-state index in [1.807, 2.05) is 36.3 Å². The first-order chi connectivity index (χ1) is 17.6. The number of alkyl halides is 6. The highest BCUT2D eigenvalue weighted by Crippen LogP contribution is 2.55. The van der Waals surface area contributed by atoms with E-state index >= 15 is 0 Å². The van der Waals surface area contributed by atoms with Gasteiger partial charge in [0.25, 0.3) is 0 Å². The van der Waals surface area contributed by atoms with E-state index < -0.39 is 24.3 Å². The second kappa shape index (κ2) is 12.2. The van der Waals surface area contributed by atoms with E-state index in [1.54, 1.807) is 0 Å². The Morgan fingerprint density at radius 1 is 0.921 bits per heavy atom. The zero-order valence-electron chi connectivity index (χ0n) is 20.0. The Kier molecular flexibility index (Phi) is 9.84. The molecule has 0 aliphatic carbocycles. The number of carboxylic acids is 2. The first-order valence-corrected chi connectivity index (χ1v) is 11.1. The average Bonchev–Trinajstić information content (AvgIpc) is 2.86. The topological polar surface area (TPSA) is 111 Å². The maximum atomic E-state index is 12.7. The number of hydrogen-bond acceptors (Lipinski definition) is 5. The van der Waals surface area contributed by atoms with Gasteiger partial charge in [0.1, 0.15) is 0 Å². The second-order valence-electron chi connectivity index (χ2n) is 8.59. The van der Waals surface area contributed by atoms with Crippen LogP contribution in [0.2, 0.25) is 0 Å². The minimum absolute atomic E-state index is 0.198. The van der Waals surface area contributed by atoms with E-state index in [0.29, 0.717) is 5.91 Å². The summed E-state index contributed by atoms with van der Waals surface area (Å²) in [7, 11) is 1.94. The molecule has 2 aromatic rings. The van der Waals surface area contributed by atoms with Gasteiger partial charge in [-0.1, -0.05) is 36.4 Å². The van der Waals surface area contributed by atoms with Gasteiger partial charge in [0.2, 0.25) is 5.91 Å². The van der Waals surface area contributed by atoms with Crippen molar-refractivity contribution in [3.63, 3.8) is 0 Å². The van der Waals surface area contributed by atoms with Crippen LogP contribution in [0, 0.1) is 5.41 Å². The van der Waals surface area contributed by atoms with Crippen molar-refractivity contribution in [3.05, 3.63) is 66.0 Å². The molecule has 2 N–H and O–H groups in total. The fourth-order valence-electron chi connectivity index (χ4n) is 4.39. The predicted octanol–water partition coefficient (Wildman–Crippen LogP) is 4.14. The Labute approximate surface area is 213 Å². The SMILES string of the molecule is CN1C(=O)C2(CCN(Cc3ccccn3)CC2)C1c1ccccc1.O=C(O)C(F)(F)F.O=C(O)C(F)(F)F. The maximum Gasteiger partial charge on any atom is 0.490 e. The number of β-lactam (4-membered cyclic amide) rings is 1. The summed E-state index contributed by atoms with van der Waals surface area (Å²) in [6.45, 7) is 2.79. The number of carbonyl (C=O) groups excluding carboxylic acids is 1. The molecule has 2 aliphatic heterocycles. The highest BCUT2D eigenvalue weighted by Gasteiger charge is 2.59. The Bertz CT molecular complexity index is 1060. The summed E-state index contributed by atoms with van der Waals surface area (Å²) < 4.78 is 63.5. The van der Waals surface area contributed by atoms with Gasteiger partial charge in [-0.3, -0.25) is 14.7 Å². The van der Waals surface area contributed by atoms with Crippen molar-refractivity contribution in [1.29, 1.82) is 0 Å². The number of carbonyl (C=O) groups is 3. The largest absolute Gasteiger partial charge is 0.490 e. The first kappa shape index (κ1) is 30.5. The number of amides is 1. The minimum Gasteiger partial charge on any atom is -0.475 e. The normalized spacial score (nSPS) is 18.9. The van der Waals surface area contributed by atoms with Crippen molar-refractivity contribution < 1.29 is 50.9 Å². The van der Waals surface area contributed by atoms with Gasteiger partial charge in [0.15, 0.2) is 0 Å². The molecule has 1 spiro atoms. The van der Waals surface area contributed by atoms with Gasteiger partial charge >= 0.3 is 24.3 Å². The zero-order valence-corrected chi connectivity index (χ0v) is 20.0. The van der Waals surface area contributed by atoms with Gasteiger partial charge in [-0.2, -0.15) is 26.3 Å². The van der Waals surface area contributed by atoms with Crippen LogP contribution < -0.4 is 0 Å². The van der Waals surface area contributed by atoms with Crippen LogP contribution in [0.3, 0.4) is 0 Å². The average molecular weight is 549 g/mol. The van der Waals surface area contributed by atoms with Gasteiger partial charge in [0, 0.05) is 19.8 Å². The van der Waals surface area contributed by atoms with Crippen LogP contribution in [-0.2, 0) is 20.9 Å². The number of halogens is 6. The summed E-state index contributed by atoms with van der Waals surface area (Å²) in [6, 6.07) is 16.7. The lowest BCUT2D eigenvalue weighted by molar-refractivity contribution is -0.193. The molecule has 0 bridgehead atoms. The van der Waals surface area contributed by atoms with Crippen LogP contribution in [-0.4, -0.2) is 75.3 Å². The van der Waals surface area contributed by atoms with E-state index in [9.17, 15) is 31.1 Å². The number of likely N-dealkylation sites (tertiary alicyclic amines) is 2. The number of pyridine rings is 1. The third-order valence-corrected chi connectivity index (χ3v) is 6.12. The van der Waals surface area contributed by atoms with E-state index in [4.69, 9.17) is 19.8 Å². The molecule has 0 saturated carbocycles. The van der Waals surface area contributed by atoms with Crippen molar-refractivity contribution in [2.45, 2.75) is 37.8 Å². The molecule has 1 aromatic carbocycles. The molecule has 1 unspecified atom stereocenters. The number of aromatic nitrogens is 1. The third kappa shape index (κ3) is 7.66. The Morgan fingerprint density at radius 3 is 1.82 bits per heavy atom. The number of rotatable bonds is 3. The lowest BCUT2D eigenvalue weighted by Gasteiger charge is -2.58. The fourth-order valence-corrected chi connectivity index (χ4v) is 4.39. The van der Waals surface area contributed by atoms with Crippen LogP contribution in [0.1, 0.15) is 30.1 Å². The van der Waals surface area contributed by atoms with Gasteiger partial charge in [0.05, 0.1) is 17.2 Å².